The molecule has 0 radical (unpaired) electrons. The van der Waals surface area contributed by atoms with Crippen LogP contribution in [0.5, 0.6) is 0 Å². The van der Waals surface area contributed by atoms with Crippen molar-refractivity contribution in [1.29, 1.82) is 0 Å². The van der Waals surface area contributed by atoms with Crippen molar-refractivity contribution >= 4 is 10.1 Å². The van der Waals surface area contributed by atoms with Crippen LogP contribution < -0.4 is 11.3 Å². The second kappa shape index (κ2) is 3.78. The highest BCUT2D eigenvalue weighted by Gasteiger charge is 2.01. The van der Waals surface area contributed by atoms with Crippen molar-refractivity contribution in [2.45, 2.75) is 6.42 Å². The third-order valence-corrected chi connectivity index (χ3v) is 1.53. The van der Waals surface area contributed by atoms with Gasteiger partial charge in [0, 0.05) is 6.54 Å². The number of rotatable bonds is 4. The molecule has 9 heavy (non-hydrogen) atoms. The van der Waals surface area contributed by atoms with E-state index in [0.717, 1.165) is 0 Å². The van der Waals surface area contributed by atoms with Crippen LogP contribution in [0.4, 0.5) is 0 Å². The van der Waals surface area contributed by atoms with E-state index in [9.17, 15) is 8.42 Å². The van der Waals surface area contributed by atoms with Crippen LogP contribution >= 0.6 is 0 Å². The van der Waals surface area contributed by atoms with E-state index in [-0.39, 0.29) is 5.75 Å². The lowest BCUT2D eigenvalue weighted by Gasteiger charge is -1.94. The first-order chi connectivity index (χ1) is 4.06. The average molecular weight is 154 g/mol. The van der Waals surface area contributed by atoms with Crippen LogP contribution in [-0.2, 0) is 10.1 Å². The minimum atomic E-state index is -3.79. The topological polar surface area (TPSA) is 92.4 Å². The largest absolute Gasteiger partial charge is 0.286 e. The van der Waals surface area contributed by atoms with Gasteiger partial charge in [0.2, 0.25) is 0 Å². The molecule has 0 aliphatic heterocycles. The second-order valence-electron chi connectivity index (χ2n) is 1.59. The van der Waals surface area contributed by atoms with E-state index in [1.807, 2.05) is 0 Å². The molecular formula is C3H10N2O3S. The average Bonchev–Trinajstić information content (AvgIpc) is 1.63. The Morgan fingerprint density at radius 2 is 2.11 bits per heavy atom. The van der Waals surface area contributed by atoms with E-state index in [4.69, 9.17) is 10.4 Å². The highest BCUT2D eigenvalue weighted by atomic mass is 32.2. The van der Waals surface area contributed by atoms with Crippen molar-refractivity contribution < 1.29 is 13.0 Å². The fraction of sp³-hybridized carbons (Fsp3) is 1.00. The summed E-state index contributed by atoms with van der Waals surface area (Å²) in [6.45, 7) is 0.389. The van der Waals surface area contributed by atoms with Crippen LogP contribution in [0.2, 0.25) is 0 Å². The lowest BCUT2D eigenvalue weighted by atomic mass is 10.5. The first kappa shape index (κ1) is 8.83. The first-order valence-electron chi connectivity index (χ1n) is 2.45. The van der Waals surface area contributed by atoms with Crippen molar-refractivity contribution in [2.75, 3.05) is 12.3 Å². The molecular weight excluding hydrogens is 144 g/mol. The Morgan fingerprint density at radius 3 is 2.44 bits per heavy atom. The van der Waals surface area contributed by atoms with Gasteiger partial charge in [0.15, 0.2) is 0 Å². The van der Waals surface area contributed by atoms with Crippen LogP contribution in [-0.4, -0.2) is 25.3 Å². The molecule has 0 aliphatic carbocycles. The van der Waals surface area contributed by atoms with Crippen molar-refractivity contribution in [1.82, 2.24) is 5.43 Å². The Hall–Kier alpha value is -0.170. The third-order valence-electron chi connectivity index (χ3n) is 0.723. The molecule has 0 rings (SSSR count). The SMILES string of the molecule is NNCCCS(=O)(=O)O. The van der Waals surface area contributed by atoms with Crippen molar-refractivity contribution in [3.8, 4) is 0 Å². The normalized spacial score (nSPS) is 11.8. The second-order valence-corrected chi connectivity index (χ2v) is 3.17. The van der Waals surface area contributed by atoms with Crippen LogP contribution in [0, 0.1) is 0 Å². The van der Waals surface area contributed by atoms with Crippen LogP contribution in [0.1, 0.15) is 6.42 Å². The summed E-state index contributed by atoms with van der Waals surface area (Å²) in [7, 11) is -3.79. The Bertz CT molecular complexity index is 152. The standard InChI is InChI=1S/C3H10N2O3S/c4-5-2-1-3-9(6,7)8/h5H,1-4H2,(H,6,7,8). The molecule has 0 saturated heterocycles. The van der Waals surface area contributed by atoms with E-state index in [0.29, 0.717) is 13.0 Å². The van der Waals surface area contributed by atoms with E-state index < -0.39 is 10.1 Å². The number of hydrogen-bond acceptors (Lipinski definition) is 4. The number of nitrogens with two attached hydrogens (primary N) is 1. The predicted octanol–water partition coefficient (Wildman–Crippen LogP) is -1.27. The molecule has 6 heteroatoms. The molecule has 0 aromatic carbocycles. The zero-order valence-electron chi connectivity index (χ0n) is 4.87. The summed E-state index contributed by atoms with van der Waals surface area (Å²) in [4.78, 5) is 0. The Labute approximate surface area is 54.0 Å². The molecule has 56 valence electrons. The molecule has 5 nitrogen and oxygen atoms in total. The molecule has 0 aromatic rings. The lowest BCUT2D eigenvalue weighted by molar-refractivity contribution is 0.480. The fourth-order valence-electron chi connectivity index (χ4n) is 0.357. The van der Waals surface area contributed by atoms with Crippen molar-refractivity contribution in [2.24, 2.45) is 5.84 Å². The Kier molecular flexibility index (Phi) is 3.71. The van der Waals surface area contributed by atoms with Gasteiger partial charge in [-0.05, 0) is 6.42 Å². The summed E-state index contributed by atoms with van der Waals surface area (Å²) in [5.41, 5.74) is 2.26. The molecule has 0 unspecified atom stereocenters. The van der Waals surface area contributed by atoms with Crippen LogP contribution in [0.15, 0.2) is 0 Å². The van der Waals surface area contributed by atoms with E-state index >= 15 is 0 Å². The third kappa shape index (κ3) is 7.83. The summed E-state index contributed by atoms with van der Waals surface area (Å²) in [6.07, 6.45) is 0.329. The van der Waals surface area contributed by atoms with Gasteiger partial charge in [-0.2, -0.15) is 8.42 Å². The zero-order valence-corrected chi connectivity index (χ0v) is 5.69. The first-order valence-corrected chi connectivity index (χ1v) is 4.06. The maximum Gasteiger partial charge on any atom is 0.264 e. The van der Waals surface area contributed by atoms with Gasteiger partial charge in [-0.1, -0.05) is 0 Å². The van der Waals surface area contributed by atoms with Gasteiger partial charge in [-0.3, -0.25) is 15.8 Å². The van der Waals surface area contributed by atoms with Gasteiger partial charge in [0.05, 0.1) is 5.75 Å². The Balaban J connectivity index is 3.30. The maximum absolute atomic E-state index is 9.99. The Morgan fingerprint density at radius 1 is 1.56 bits per heavy atom. The summed E-state index contributed by atoms with van der Waals surface area (Å²) in [6, 6.07) is 0. The molecule has 0 fully saturated rings. The minimum absolute atomic E-state index is 0.239. The molecule has 0 saturated carbocycles. The van der Waals surface area contributed by atoms with E-state index in [1.165, 1.54) is 0 Å². The molecule has 4 N–H and O–H groups in total. The molecule has 0 heterocycles. The summed E-state index contributed by atoms with van der Waals surface area (Å²) in [5.74, 6) is 4.59. The molecule has 0 atom stereocenters. The lowest BCUT2D eigenvalue weighted by Crippen LogP contribution is -2.24. The monoisotopic (exact) mass is 154 g/mol. The van der Waals surface area contributed by atoms with Crippen LogP contribution in [0.25, 0.3) is 0 Å². The number of nitrogens with one attached hydrogen (secondary N) is 1. The van der Waals surface area contributed by atoms with Crippen LogP contribution in [0.3, 0.4) is 0 Å². The van der Waals surface area contributed by atoms with Gasteiger partial charge in [0.1, 0.15) is 0 Å². The summed E-state index contributed by atoms with van der Waals surface area (Å²) in [5, 5.41) is 0. The highest BCUT2D eigenvalue weighted by molar-refractivity contribution is 7.85. The molecule has 0 spiro atoms. The van der Waals surface area contributed by atoms with Crippen molar-refractivity contribution in [3.63, 3.8) is 0 Å². The molecule has 0 amide bonds. The molecule has 0 aromatic heterocycles. The quantitative estimate of drug-likeness (QED) is 0.203. The number of hydrogen-bond donors (Lipinski definition) is 3. The predicted molar refractivity (Wildman–Crippen MR) is 33.2 cm³/mol. The van der Waals surface area contributed by atoms with Gasteiger partial charge < -0.3 is 0 Å². The molecule has 0 aliphatic rings. The van der Waals surface area contributed by atoms with Gasteiger partial charge >= 0.3 is 0 Å². The zero-order chi connectivity index (χ0) is 7.33. The highest BCUT2D eigenvalue weighted by Crippen LogP contribution is 1.84. The number of hydrazine groups is 1. The van der Waals surface area contributed by atoms with E-state index in [1.54, 1.807) is 0 Å². The summed E-state index contributed by atoms with van der Waals surface area (Å²) >= 11 is 0. The van der Waals surface area contributed by atoms with Gasteiger partial charge in [0.25, 0.3) is 10.1 Å². The van der Waals surface area contributed by atoms with E-state index in [2.05, 4.69) is 5.43 Å². The minimum Gasteiger partial charge on any atom is -0.286 e. The molecule has 0 bridgehead atoms. The van der Waals surface area contributed by atoms with Gasteiger partial charge in [-0.15, -0.1) is 0 Å². The maximum atomic E-state index is 9.99. The fourth-order valence-corrected chi connectivity index (χ4v) is 0.866. The van der Waals surface area contributed by atoms with Gasteiger partial charge in [-0.25, -0.2) is 0 Å². The van der Waals surface area contributed by atoms with Crippen molar-refractivity contribution in [3.05, 3.63) is 0 Å². The summed E-state index contributed by atoms with van der Waals surface area (Å²) < 4.78 is 28.1. The smallest absolute Gasteiger partial charge is 0.264 e.